The second kappa shape index (κ2) is 7.73. The lowest BCUT2D eigenvalue weighted by atomic mass is 10.1. The maximum atomic E-state index is 15.9. The lowest BCUT2D eigenvalue weighted by molar-refractivity contribution is 0.461. The van der Waals surface area contributed by atoms with Gasteiger partial charge >= 0.3 is 0 Å². The van der Waals surface area contributed by atoms with Crippen molar-refractivity contribution in [2.45, 2.75) is 0 Å². The highest BCUT2D eigenvalue weighted by molar-refractivity contribution is 7.86. The number of fused-ring (bicyclic) bond motifs is 11. The smallest absolute Gasteiger partial charge is 0.186 e. The minimum absolute atomic E-state index is 0.543. The molecule has 2 aliphatic heterocycles. The van der Waals surface area contributed by atoms with Gasteiger partial charge in [-0.15, -0.1) is 0 Å². The Labute approximate surface area is 239 Å². The first-order valence-electron chi connectivity index (χ1n) is 13.9. The number of furan rings is 1. The fourth-order valence-electron chi connectivity index (χ4n) is 6.93. The number of aromatic nitrogens is 1. The van der Waals surface area contributed by atoms with Gasteiger partial charge in [0.15, 0.2) is 7.14 Å². The molecule has 0 saturated carbocycles. The Morgan fingerprint density at radius 2 is 1.14 bits per heavy atom. The fraction of sp³-hybridized carbons (Fsp3) is 0. The number of para-hydroxylation sites is 4. The number of hydrogen-bond donors (Lipinski definition) is 0. The Balaban J connectivity index is 1.33. The highest BCUT2D eigenvalue weighted by Crippen LogP contribution is 2.60. The van der Waals surface area contributed by atoms with Gasteiger partial charge in [-0.25, -0.2) is 0 Å². The summed E-state index contributed by atoms with van der Waals surface area (Å²) in [4.78, 5) is 0. The van der Waals surface area contributed by atoms with E-state index in [-0.39, 0.29) is 0 Å². The summed E-state index contributed by atoms with van der Waals surface area (Å²) in [5.41, 5.74) is 4.47. The minimum Gasteiger partial charge on any atom is -0.456 e. The predicted octanol–water partition coefficient (Wildman–Crippen LogP) is 8.53. The summed E-state index contributed by atoms with van der Waals surface area (Å²) in [6.07, 6.45) is 0. The largest absolute Gasteiger partial charge is 0.456 e. The van der Waals surface area contributed by atoms with Crippen LogP contribution in [0.4, 0.5) is 0 Å². The number of rotatable bonds is 1. The lowest BCUT2D eigenvalue weighted by Crippen LogP contribution is -2.35. The second-order valence-electron chi connectivity index (χ2n) is 10.8. The molecule has 0 saturated heterocycles. The van der Waals surface area contributed by atoms with Crippen LogP contribution in [0.1, 0.15) is 0 Å². The van der Waals surface area contributed by atoms with Gasteiger partial charge < -0.3 is 23.0 Å². The Bertz CT molecular complexity index is 2450. The molecular weight excluding hydrogens is 541 g/mol. The maximum Gasteiger partial charge on any atom is 0.186 e. The quantitative estimate of drug-likeness (QED) is 0.189. The molecule has 0 bridgehead atoms. The van der Waals surface area contributed by atoms with Gasteiger partial charge in [-0.1, -0.05) is 66.7 Å². The number of ether oxygens (including phenoxy) is 2. The third-order valence-corrected chi connectivity index (χ3v) is 11.8. The molecule has 0 fully saturated rings. The highest BCUT2D eigenvalue weighted by Gasteiger charge is 2.48. The Morgan fingerprint density at radius 1 is 0.524 bits per heavy atom. The van der Waals surface area contributed by atoms with E-state index in [2.05, 4.69) is 41.0 Å². The van der Waals surface area contributed by atoms with E-state index in [1.54, 1.807) is 0 Å². The van der Waals surface area contributed by atoms with Crippen LogP contribution in [0.25, 0.3) is 49.4 Å². The van der Waals surface area contributed by atoms with Crippen molar-refractivity contribution in [2.75, 3.05) is 0 Å². The molecule has 0 spiro atoms. The summed E-state index contributed by atoms with van der Waals surface area (Å²) in [6.45, 7) is 0. The molecule has 10 rings (SSSR count). The van der Waals surface area contributed by atoms with Crippen molar-refractivity contribution in [1.29, 1.82) is 0 Å². The second-order valence-corrected chi connectivity index (χ2v) is 13.4. The molecule has 5 nitrogen and oxygen atoms in total. The molecule has 2 aliphatic rings. The number of hydrogen-bond acceptors (Lipinski definition) is 4. The molecule has 0 N–H and O–H groups in total. The summed E-state index contributed by atoms with van der Waals surface area (Å²) < 4.78 is 37.6. The van der Waals surface area contributed by atoms with Crippen molar-refractivity contribution in [2.24, 2.45) is 0 Å². The van der Waals surface area contributed by atoms with Gasteiger partial charge in [-0.3, -0.25) is 0 Å². The molecule has 0 aliphatic carbocycles. The van der Waals surface area contributed by atoms with Crippen molar-refractivity contribution < 1.29 is 18.5 Å². The molecular formula is C36H20NO4P. The monoisotopic (exact) mass is 561 g/mol. The highest BCUT2D eigenvalue weighted by atomic mass is 31.2. The van der Waals surface area contributed by atoms with E-state index in [9.17, 15) is 0 Å². The van der Waals surface area contributed by atoms with Crippen molar-refractivity contribution in [1.82, 2.24) is 4.57 Å². The van der Waals surface area contributed by atoms with Crippen molar-refractivity contribution in [3.8, 4) is 28.7 Å². The summed E-state index contributed by atoms with van der Waals surface area (Å²) in [5, 5.41) is 6.00. The first kappa shape index (κ1) is 22.4. The van der Waals surface area contributed by atoms with Gasteiger partial charge in [0.1, 0.15) is 39.5 Å². The average molecular weight is 562 g/mol. The van der Waals surface area contributed by atoms with Gasteiger partial charge in [-0.05, 0) is 42.5 Å². The van der Waals surface area contributed by atoms with E-state index >= 15 is 4.57 Å². The molecule has 42 heavy (non-hydrogen) atoms. The summed E-state index contributed by atoms with van der Waals surface area (Å²) >= 11 is 0. The summed E-state index contributed by atoms with van der Waals surface area (Å²) in [5.74, 6) is 2.26. The van der Waals surface area contributed by atoms with E-state index < -0.39 is 7.14 Å². The van der Waals surface area contributed by atoms with Crippen molar-refractivity contribution in [3.63, 3.8) is 0 Å². The van der Waals surface area contributed by atoms with E-state index in [1.165, 1.54) is 0 Å². The third kappa shape index (κ3) is 2.67. The van der Waals surface area contributed by atoms with Crippen LogP contribution in [-0.2, 0) is 4.57 Å². The van der Waals surface area contributed by atoms with Gasteiger partial charge in [-0.2, -0.15) is 0 Å². The molecule has 198 valence electrons. The van der Waals surface area contributed by atoms with E-state index in [0.717, 1.165) is 43.8 Å². The Morgan fingerprint density at radius 3 is 1.90 bits per heavy atom. The van der Waals surface area contributed by atoms with Crippen LogP contribution in [0.5, 0.6) is 23.0 Å². The molecule has 4 heterocycles. The molecule has 6 heteroatoms. The Hall–Kier alpha value is -5.25. The van der Waals surface area contributed by atoms with Gasteiger partial charge in [0.25, 0.3) is 0 Å². The van der Waals surface area contributed by atoms with E-state index in [1.807, 2.05) is 84.9 Å². The normalized spacial score (nSPS) is 16.7. The van der Waals surface area contributed by atoms with Crippen LogP contribution >= 0.6 is 7.14 Å². The van der Waals surface area contributed by atoms with Crippen LogP contribution in [0.3, 0.4) is 0 Å². The summed E-state index contributed by atoms with van der Waals surface area (Å²) in [6, 6.07) is 40.1. The fourth-order valence-corrected chi connectivity index (χ4v) is 10.2. The minimum atomic E-state index is -3.44. The van der Waals surface area contributed by atoms with Gasteiger partial charge in [0, 0.05) is 33.7 Å². The molecule has 1 atom stereocenters. The lowest BCUT2D eigenvalue weighted by Gasteiger charge is -2.35. The number of nitrogens with zero attached hydrogens (tertiary/aromatic N) is 1. The molecule has 6 aromatic carbocycles. The van der Waals surface area contributed by atoms with Crippen LogP contribution in [0, 0.1) is 0 Å². The SMILES string of the molecule is O=P12c3ccccc3Oc3cc(-n4c5ccccc5c5ccccc54)cc(c31)Oc1ccc3oc4ccccc4c3c12. The first-order valence-corrected chi connectivity index (χ1v) is 15.6. The summed E-state index contributed by atoms with van der Waals surface area (Å²) in [7, 11) is -3.44. The van der Waals surface area contributed by atoms with Crippen LogP contribution in [0.2, 0.25) is 0 Å². The first-order chi connectivity index (χ1) is 20.7. The zero-order valence-corrected chi connectivity index (χ0v) is 23.0. The van der Waals surface area contributed by atoms with Crippen molar-refractivity contribution in [3.05, 3.63) is 121 Å². The van der Waals surface area contributed by atoms with Crippen molar-refractivity contribution >= 4 is 66.8 Å². The molecule has 8 aromatic rings. The van der Waals surface area contributed by atoms with E-state index in [0.29, 0.717) is 44.5 Å². The maximum absolute atomic E-state index is 15.9. The van der Waals surface area contributed by atoms with Crippen LogP contribution in [0.15, 0.2) is 126 Å². The zero-order valence-electron chi connectivity index (χ0n) is 22.1. The van der Waals surface area contributed by atoms with Gasteiger partial charge in [0.05, 0.1) is 27.3 Å². The standard InChI is InChI=1S/C36H20NO4P/c38-42-33-16-8-7-15-28(33)40-31-19-21(37-25-12-4-1-9-22(25)23-10-2-5-13-26(23)37)20-32(35(31)42)41-30-18-17-29-34(36(30)42)24-11-3-6-14-27(24)39-29/h1-20H. The van der Waals surface area contributed by atoms with E-state index in [4.69, 9.17) is 13.9 Å². The average Bonchev–Trinajstić information content (AvgIpc) is 3.57. The third-order valence-electron chi connectivity index (χ3n) is 8.62. The predicted molar refractivity (Wildman–Crippen MR) is 168 cm³/mol. The van der Waals surface area contributed by atoms with Crippen LogP contribution < -0.4 is 25.4 Å². The zero-order chi connectivity index (χ0) is 27.6. The topological polar surface area (TPSA) is 53.6 Å². The van der Waals surface area contributed by atoms with Gasteiger partial charge in [0.2, 0.25) is 0 Å². The molecule has 0 radical (unpaired) electrons. The molecule has 0 amide bonds. The molecule has 1 unspecified atom stereocenters. The number of benzene rings is 6. The van der Waals surface area contributed by atoms with Crippen LogP contribution in [-0.4, -0.2) is 4.57 Å². The Kier molecular flexibility index (Phi) is 4.13. The molecule has 2 aromatic heterocycles.